The summed E-state index contributed by atoms with van der Waals surface area (Å²) < 4.78 is 0. The van der Waals surface area contributed by atoms with Gasteiger partial charge >= 0.3 is 5.97 Å². The average molecular weight is 303 g/mol. The first-order valence-corrected chi connectivity index (χ1v) is 8.39. The third kappa shape index (κ3) is 1.19. The average Bonchev–Trinajstić information content (AvgIpc) is 2.86. The van der Waals surface area contributed by atoms with Crippen LogP contribution < -0.4 is 5.32 Å². The van der Waals surface area contributed by atoms with Crippen molar-refractivity contribution < 1.29 is 14.7 Å². The maximum atomic E-state index is 12.1. The van der Waals surface area contributed by atoms with Gasteiger partial charge in [-0.3, -0.25) is 0 Å². The molecule has 0 aromatic heterocycles. The number of nitrogens with zero attached hydrogens (tertiary/aromatic N) is 2. The van der Waals surface area contributed by atoms with Crippen molar-refractivity contribution in [2.24, 2.45) is 17.3 Å². The number of hydrogen-bond acceptors (Lipinski definition) is 6. The Kier molecular flexibility index (Phi) is 2.32. The minimum absolute atomic E-state index is 0.0216. The molecule has 2 N–H and O–H groups in total. The monoisotopic (exact) mass is 303 g/mol. The first kappa shape index (κ1) is 13.3. The van der Waals surface area contributed by atoms with E-state index in [1.54, 1.807) is 0 Å². The van der Waals surface area contributed by atoms with E-state index in [-0.39, 0.29) is 29.5 Å². The number of carbonyl (C=O) groups is 1. The highest BCUT2D eigenvalue weighted by molar-refractivity contribution is 5.72. The number of rotatable bonds is 4. The molecule has 4 aliphatic carbocycles. The van der Waals surface area contributed by atoms with Crippen molar-refractivity contribution in [3.05, 3.63) is 0 Å². The van der Waals surface area contributed by atoms with Crippen molar-refractivity contribution in [1.82, 2.24) is 10.4 Å². The van der Waals surface area contributed by atoms with Gasteiger partial charge in [-0.1, -0.05) is 0 Å². The molecule has 0 amide bonds. The predicted molar refractivity (Wildman–Crippen MR) is 75.0 cm³/mol. The van der Waals surface area contributed by atoms with Gasteiger partial charge in [0.25, 0.3) is 0 Å². The number of aliphatic hydroxyl groups is 1. The summed E-state index contributed by atoms with van der Waals surface area (Å²) in [6.45, 7) is 0.814. The van der Waals surface area contributed by atoms with Gasteiger partial charge in [-0.15, -0.1) is 5.06 Å². The molecule has 1 saturated heterocycles. The number of hydroxylamine groups is 2. The first-order valence-electron chi connectivity index (χ1n) is 8.39. The molecule has 1 aliphatic heterocycles. The Morgan fingerprint density at radius 2 is 2.27 bits per heavy atom. The smallest absolute Gasteiger partial charge is 0.338 e. The summed E-state index contributed by atoms with van der Waals surface area (Å²) in [5, 5.41) is 24.5. The molecule has 5 aliphatic rings. The summed E-state index contributed by atoms with van der Waals surface area (Å²) in [6.07, 6.45) is 5.74. The van der Waals surface area contributed by atoms with E-state index >= 15 is 0 Å². The van der Waals surface area contributed by atoms with Crippen LogP contribution in [0.2, 0.25) is 0 Å². The van der Waals surface area contributed by atoms with Crippen LogP contribution in [0.3, 0.4) is 0 Å². The van der Waals surface area contributed by atoms with E-state index in [0.717, 1.165) is 32.1 Å². The van der Waals surface area contributed by atoms with Gasteiger partial charge in [0.2, 0.25) is 0 Å². The number of hydrogen-bond donors (Lipinski definition) is 2. The molecule has 5 rings (SSSR count). The summed E-state index contributed by atoms with van der Waals surface area (Å²) >= 11 is 0. The van der Waals surface area contributed by atoms with Crippen LogP contribution in [0, 0.1) is 28.6 Å². The zero-order chi connectivity index (χ0) is 15.2. The minimum atomic E-state index is -0.448. The Morgan fingerprint density at radius 1 is 1.45 bits per heavy atom. The van der Waals surface area contributed by atoms with E-state index in [2.05, 4.69) is 11.4 Å². The van der Waals surface area contributed by atoms with Crippen molar-refractivity contribution in [2.45, 2.75) is 55.7 Å². The second-order valence-electron chi connectivity index (χ2n) is 7.94. The first-order chi connectivity index (χ1) is 10.5. The summed E-state index contributed by atoms with van der Waals surface area (Å²) in [7, 11) is 0. The van der Waals surface area contributed by atoms with Gasteiger partial charge < -0.3 is 15.3 Å². The maximum absolute atomic E-state index is 12.1. The van der Waals surface area contributed by atoms with E-state index < -0.39 is 5.60 Å². The van der Waals surface area contributed by atoms with Crippen molar-refractivity contribution in [2.75, 3.05) is 13.1 Å². The second-order valence-corrected chi connectivity index (χ2v) is 7.94. The zero-order valence-electron chi connectivity index (χ0n) is 12.5. The Balaban J connectivity index is 1.19. The molecule has 0 aromatic rings. The van der Waals surface area contributed by atoms with Gasteiger partial charge in [0, 0.05) is 17.5 Å². The fraction of sp³-hybridized carbons (Fsp3) is 0.875. The summed E-state index contributed by atoms with van der Waals surface area (Å²) in [5.41, 5.74) is -0.383. The lowest BCUT2D eigenvalue weighted by Gasteiger charge is -2.93. The van der Waals surface area contributed by atoms with Crippen LogP contribution in [0.1, 0.15) is 38.5 Å². The maximum Gasteiger partial charge on any atom is 0.338 e. The van der Waals surface area contributed by atoms with Gasteiger partial charge in [-0.25, -0.2) is 4.79 Å². The SMILES string of the molecule is N#CC1CCCN1OC(=O)CNC12CC3CC4CC(O)(C1)C432. The molecular formula is C16H21N3O3. The van der Waals surface area contributed by atoms with E-state index in [1.165, 1.54) is 11.5 Å². The van der Waals surface area contributed by atoms with Crippen LogP contribution in [0.5, 0.6) is 0 Å². The lowest BCUT2D eigenvalue weighted by Crippen LogP contribution is -2.99. The van der Waals surface area contributed by atoms with E-state index in [0.29, 0.717) is 18.4 Å². The fourth-order valence-electron chi connectivity index (χ4n) is 6.76. The molecule has 6 unspecified atom stereocenters. The van der Waals surface area contributed by atoms with E-state index in [1.807, 2.05) is 0 Å². The van der Waals surface area contributed by atoms with Gasteiger partial charge in [-0.2, -0.15) is 5.26 Å². The molecular weight excluding hydrogens is 282 g/mol. The largest absolute Gasteiger partial charge is 0.389 e. The third-order valence-electron chi connectivity index (χ3n) is 7.33. The molecule has 4 saturated carbocycles. The van der Waals surface area contributed by atoms with Gasteiger partial charge in [0.05, 0.1) is 18.2 Å². The summed E-state index contributed by atoms with van der Waals surface area (Å²) in [4.78, 5) is 17.4. The highest BCUT2D eigenvalue weighted by atomic mass is 16.7. The Morgan fingerprint density at radius 3 is 2.95 bits per heavy atom. The van der Waals surface area contributed by atoms with Crippen molar-refractivity contribution >= 4 is 5.97 Å². The quantitative estimate of drug-likeness (QED) is 0.778. The van der Waals surface area contributed by atoms with E-state index in [4.69, 9.17) is 10.1 Å². The minimum Gasteiger partial charge on any atom is -0.389 e. The Bertz CT molecular complexity index is 598. The summed E-state index contributed by atoms with van der Waals surface area (Å²) in [6, 6.07) is 1.86. The number of nitrogens with one attached hydrogen (secondary N) is 1. The normalized spacial score (nSPS) is 53.7. The second kappa shape index (κ2) is 3.84. The third-order valence-corrected chi connectivity index (χ3v) is 7.33. The standard InChI is InChI=1S/C16H21N3O3/c17-7-12-2-1-3-19(12)22-13(20)8-18-14-5-10-4-11-6-15(21,9-14)16(10,11)14/h10-12,18,21H,1-6,8-9H2. The molecule has 1 spiro atoms. The van der Waals surface area contributed by atoms with Crippen molar-refractivity contribution in [1.29, 1.82) is 5.26 Å². The molecule has 0 aromatic carbocycles. The van der Waals surface area contributed by atoms with Gasteiger partial charge in [0.1, 0.15) is 6.04 Å². The molecule has 5 fully saturated rings. The molecule has 6 nitrogen and oxygen atoms in total. The highest BCUT2D eigenvalue weighted by Gasteiger charge is 2.94. The van der Waals surface area contributed by atoms with Crippen LogP contribution in [0.25, 0.3) is 0 Å². The molecule has 0 radical (unpaired) electrons. The van der Waals surface area contributed by atoms with Crippen molar-refractivity contribution in [3.63, 3.8) is 0 Å². The molecule has 1 heterocycles. The molecule has 118 valence electrons. The van der Waals surface area contributed by atoms with Crippen LogP contribution in [-0.2, 0) is 9.63 Å². The fourth-order valence-corrected chi connectivity index (χ4v) is 6.76. The lowest BCUT2D eigenvalue weighted by molar-refractivity contribution is -0.464. The Hall–Kier alpha value is -1.16. The topological polar surface area (TPSA) is 85.6 Å². The lowest BCUT2D eigenvalue weighted by atomic mass is 9.14. The molecule has 6 atom stereocenters. The van der Waals surface area contributed by atoms with Crippen molar-refractivity contribution in [3.8, 4) is 6.07 Å². The molecule has 6 heteroatoms. The zero-order valence-corrected chi connectivity index (χ0v) is 12.5. The van der Waals surface area contributed by atoms with Crippen LogP contribution in [-0.4, -0.2) is 46.4 Å². The van der Waals surface area contributed by atoms with E-state index in [9.17, 15) is 9.90 Å². The van der Waals surface area contributed by atoms with Gasteiger partial charge in [-0.05, 0) is 50.4 Å². The summed E-state index contributed by atoms with van der Waals surface area (Å²) in [5.74, 6) is 1.01. The van der Waals surface area contributed by atoms with Crippen LogP contribution in [0.4, 0.5) is 0 Å². The number of carbonyl (C=O) groups excluding carboxylic acids is 1. The Labute approximate surface area is 129 Å². The van der Waals surface area contributed by atoms with Crippen LogP contribution in [0.15, 0.2) is 0 Å². The number of nitriles is 1. The molecule has 0 bridgehead atoms. The predicted octanol–water partition coefficient (Wildman–Crippen LogP) is 0.326. The highest BCUT2D eigenvalue weighted by Crippen LogP contribution is 2.90. The van der Waals surface area contributed by atoms with Gasteiger partial charge in [0.15, 0.2) is 0 Å². The molecule has 22 heavy (non-hydrogen) atoms. The van der Waals surface area contributed by atoms with Crippen LogP contribution >= 0.6 is 0 Å².